The first-order valence-electron chi connectivity index (χ1n) is 5.61. The molecule has 0 aromatic carbocycles. The van der Waals surface area contributed by atoms with Crippen LogP contribution in [0.25, 0.3) is 0 Å². The van der Waals surface area contributed by atoms with Crippen molar-refractivity contribution >= 4 is 11.8 Å². The summed E-state index contributed by atoms with van der Waals surface area (Å²) in [5, 5.41) is 16.8. The summed E-state index contributed by atoms with van der Waals surface area (Å²) in [4.78, 5) is 9.46. The Morgan fingerprint density at radius 2 is 2.17 bits per heavy atom. The molecule has 2 aromatic rings. The molecule has 0 aliphatic rings. The van der Waals surface area contributed by atoms with E-state index in [1.165, 1.54) is 11.8 Å². The standard InChI is InChI=1S/C12H13N5S/c1-4-11-15-12(17-16-11)18-10-5-7(2)14-8(3)9(10)6-13/h5H,4H2,1-3H3,(H,15,16,17). The van der Waals surface area contributed by atoms with Gasteiger partial charge in [-0.3, -0.25) is 10.1 Å². The van der Waals surface area contributed by atoms with Crippen molar-refractivity contribution in [1.29, 1.82) is 5.26 Å². The third-order valence-electron chi connectivity index (χ3n) is 2.45. The Kier molecular flexibility index (Phi) is 3.63. The van der Waals surface area contributed by atoms with Crippen LogP contribution in [0.15, 0.2) is 16.1 Å². The van der Waals surface area contributed by atoms with E-state index in [-0.39, 0.29) is 0 Å². The third-order valence-corrected chi connectivity index (χ3v) is 3.36. The average molecular weight is 259 g/mol. The topological polar surface area (TPSA) is 78.2 Å². The second-order valence-corrected chi connectivity index (χ2v) is 4.86. The summed E-state index contributed by atoms with van der Waals surface area (Å²) >= 11 is 1.39. The fourth-order valence-electron chi connectivity index (χ4n) is 1.59. The number of aromatic nitrogens is 4. The number of hydrogen-bond acceptors (Lipinski definition) is 5. The van der Waals surface area contributed by atoms with Gasteiger partial charge in [0.15, 0.2) is 0 Å². The lowest BCUT2D eigenvalue weighted by atomic mass is 10.2. The molecule has 18 heavy (non-hydrogen) atoms. The van der Waals surface area contributed by atoms with E-state index in [1.54, 1.807) is 0 Å². The molecule has 5 nitrogen and oxygen atoms in total. The Balaban J connectivity index is 2.36. The van der Waals surface area contributed by atoms with Gasteiger partial charge in [0, 0.05) is 17.0 Å². The van der Waals surface area contributed by atoms with Crippen molar-refractivity contribution in [3.63, 3.8) is 0 Å². The summed E-state index contributed by atoms with van der Waals surface area (Å²) in [6, 6.07) is 4.07. The Morgan fingerprint density at radius 3 is 2.78 bits per heavy atom. The first kappa shape index (κ1) is 12.6. The summed E-state index contributed by atoms with van der Waals surface area (Å²) < 4.78 is 0. The molecule has 2 aromatic heterocycles. The van der Waals surface area contributed by atoms with Gasteiger partial charge >= 0.3 is 0 Å². The summed E-state index contributed by atoms with van der Waals surface area (Å²) in [5.74, 6) is 0.846. The molecule has 92 valence electrons. The Hall–Kier alpha value is -1.87. The highest BCUT2D eigenvalue weighted by atomic mass is 32.2. The smallest absolute Gasteiger partial charge is 0.213 e. The number of aromatic amines is 1. The predicted molar refractivity (Wildman–Crippen MR) is 68.3 cm³/mol. The van der Waals surface area contributed by atoms with Gasteiger partial charge in [0.25, 0.3) is 0 Å². The maximum Gasteiger partial charge on any atom is 0.213 e. The van der Waals surface area contributed by atoms with Crippen molar-refractivity contribution < 1.29 is 0 Å². The van der Waals surface area contributed by atoms with Gasteiger partial charge in [-0.05, 0) is 31.7 Å². The number of rotatable bonds is 3. The van der Waals surface area contributed by atoms with Gasteiger partial charge in [0.2, 0.25) is 5.16 Å². The maximum atomic E-state index is 9.17. The van der Waals surface area contributed by atoms with Crippen LogP contribution in [-0.2, 0) is 6.42 Å². The van der Waals surface area contributed by atoms with E-state index in [2.05, 4.69) is 26.2 Å². The van der Waals surface area contributed by atoms with E-state index in [0.29, 0.717) is 10.7 Å². The van der Waals surface area contributed by atoms with Crippen LogP contribution in [0.5, 0.6) is 0 Å². The molecule has 0 atom stereocenters. The molecule has 2 rings (SSSR count). The molecule has 0 aliphatic carbocycles. The summed E-state index contributed by atoms with van der Waals surface area (Å²) in [6.07, 6.45) is 0.813. The average Bonchev–Trinajstić information content (AvgIpc) is 2.76. The first-order valence-corrected chi connectivity index (χ1v) is 6.43. The number of nitriles is 1. The van der Waals surface area contributed by atoms with Crippen molar-refractivity contribution in [2.45, 2.75) is 37.2 Å². The molecule has 0 aliphatic heterocycles. The number of nitrogens with one attached hydrogen (secondary N) is 1. The lowest BCUT2D eigenvalue weighted by molar-refractivity contribution is 0.941. The fraction of sp³-hybridized carbons (Fsp3) is 0.333. The van der Waals surface area contributed by atoms with E-state index in [4.69, 9.17) is 5.26 Å². The molecule has 0 amide bonds. The van der Waals surface area contributed by atoms with Crippen molar-refractivity contribution in [3.05, 3.63) is 28.8 Å². The van der Waals surface area contributed by atoms with Crippen LogP contribution in [0.2, 0.25) is 0 Å². The van der Waals surface area contributed by atoms with Gasteiger partial charge in [0.1, 0.15) is 11.9 Å². The predicted octanol–water partition coefficient (Wildman–Crippen LogP) is 2.40. The molecule has 1 N–H and O–H groups in total. The minimum absolute atomic E-state index is 0.591. The molecule has 0 saturated heterocycles. The molecular formula is C12H13N5S. The number of aryl methyl sites for hydroxylation is 3. The molecule has 0 fully saturated rings. The van der Waals surface area contributed by atoms with Gasteiger partial charge in [-0.15, -0.1) is 5.10 Å². The number of H-pyrrole nitrogens is 1. The first-order chi connectivity index (χ1) is 8.63. The second-order valence-electron chi connectivity index (χ2n) is 3.85. The van der Waals surface area contributed by atoms with Crippen LogP contribution in [0.1, 0.15) is 29.7 Å². The van der Waals surface area contributed by atoms with Crippen molar-refractivity contribution in [1.82, 2.24) is 20.2 Å². The summed E-state index contributed by atoms with van der Waals surface area (Å²) in [5.41, 5.74) is 2.22. The van der Waals surface area contributed by atoms with Crippen LogP contribution < -0.4 is 0 Å². The lowest BCUT2D eigenvalue weighted by Crippen LogP contribution is -1.94. The second kappa shape index (κ2) is 5.19. The zero-order valence-electron chi connectivity index (χ0n) is 10.5. The number of pyridine rings is 1. The molecule has 0 spiro atoms. The van der Waals surface area contributed by atoms with Gasteiger partial charge < -0.3 is 0 Å². The molecule has 0 radical (unpaired) electrons. The monoisotopic (exact) mass is 259 g/mol. The molecule has 0 bridgehead atoms. The van der Waals surface area contributed by atoms with E-state index < -0.39 is 0 Å². The normalized spacial score (nSPS) is 10.3. The van der Waals surface area contributed by atoms with Crippen molar-refractivity contribution in [2.24, 2.45) is 0 Å². The summed E-state index contributed by atoms with van der Waals surface area (Å²) in [6.45, 7) is 5.76. The van der Waals surface area contributed by atoms with Crippen molar-refractivity contribution in [3.8, 4) is 6.07 Å². The Labute approximate surface area is 110 Å². The van der Waals surface area contributed by atoms with Gasteiger partial charge in [-0.1, -0.05) is 6.92 Å². The van der Waals surface area contributed by atoms with Crippen molar-refractivity contribution in [2.75, 3.05) is 0 Å². The third kappa shape index (κ3) is 2.51. The quantitative estimate of drug-likeness (QED) is 0.915. The fourth-order valence-corrected chi connectivity index (χ4v) is 2.56. The molecule has 2 heterocycles. The zero-order chi connectivity index (χ0) is 13.1. The highest BCUT2D eigenvalue weighted by Gasteiger charge is 2.12. The summed E-state index contributed by atoms with van der Waals surface area (Å²) in [7, 11) is 0. The highest BCUT2D eigenvalue weighted by molar-refractivity contribution is 7.99. The maximum absolute atomic E-state index is 9.17. The number of nitrogens with zero attached hydrogens (tertiary/aromatic N) is 4. The number of hydrogen-bond donors (Lipinski definition) is 1. The zero-order valence-corrected chi connectivity index (χ0v) is 11.3. The van der Waals surface area contributed by atoms with Gasteiger partial charge in [-0.2, -0.15) is 5.26 Å². The Morgan fingerprint density at radius 1 is 1.39 bits per heavy atom. The van der Waals surface area contributed by atoms with Gasteiger partial charge in [-0.25, -0.2) is 4.98 Å². The lowest BCUT2D eigenvalue weighted by Gasteiger charge is -2.04. The largest absolute Gasteiger partial charge is 0.262 e. The molecule has 0 unspecified atom stereocenters. The Bertz CT molecular complexity index is 611. The minimum Gasteiger partial charge on any atom is -0.262 e. The van der Waals surface area contributed by atoms with Crippen LogP contribution in [0.3, 0.4) is 0 Å². The van der Waals surface area contributed by atoms with Crippen LogP contribution in [0, 0.1) is 25.2 Å². The SMILES string of the molecule is CCc1nc(Sc2cc(C)nc(C)c2C#N)n[nH]1. The molecule has 0 saturated carbocycles. The van der Waals surface area contributed by atoms with Crippen LogP contribution >= 0.6 is 11.8 Å². The van der Waals surface area contributed by atoms with Gasteiger partial charge in [0.05, 0.1) is 11.3 Å². The minimum atomic E-state index is 0.591. The van der Waals surface area contributed by atoms with E-state index in [9.17, 15) is 0 Å². The van der Waals surface area contributed by atoms with E-state index in [0.717, 1.165) is 28.5 Å². The highest BCUT2D eigenvalue weighted by Crippen LogP contribution is 2.29. The molecular weight excluding hydrogens is 246 g/mol. The van der Waals surface area contributed by atoms with E-state index in [1.807, 2.05) is 26.8 Å². The van der Waals surface area contributed by atoms with E-state index >= 15 is 0 Å². The van der Waals surface area contributed by atoms with Crippen LogP contribution in [0.4, 0.5) is 0 Å². The molecule has 6 heteroatoms. The van der Waals surface area contributed by atoms with Crippen LogP contribution in [-0.4, -0.2) is 20.2 Å².